The van der Waals surface area contributed by atoms with Crippen LogP contribution >= 0.6 is 0 Å². The predicted octanol–water partition coefficient (Wildman–Crippen LogP) is 15.2. The van der Waals surface area contributed by atoms with E-state index in [4.69, 9.17) is 23.7 Å². The molecule has 6 atom stereocenters. The lowest BCUT2D eigenvalue weighted by Gasteiger charge is -2.40. The molecule has 12 heteroatoms. The number of hydrogen-bond acceptors (Lipinski definition) is 11. The van der Waals surface area contributed by atoms with Crippen molar-refractivity contribution in [3.8, 4) is 0 Å². The van der Waals surface area contributed by atoms with Gasteiger partial charge in [0, 0.05) is 19.3 Å². The van der Waals surface area contributed by atoms with Crippen LogP contribution in [0.15, 0.2) is 36.5 Å². The fourth-order valence-electron chi connectivity index (χ4n) is 9.15. The number of aliphatic hydroxyl groups excluding tert-OH is 2. The van der Waals surface area contributed by atoms with E-state index in [1.54, 1.807) is 0 Å². The Bertz CT molecular complexity index is 1410. The lowest BCUT2D eigenvalue weighted by Crippen LogP contribution is -2.61. The SMILES string of the molecule is CC/C=C\C/C=C\C/C=C\CCCCCCCCCC(=O)OCC(COC1OC(C(=O)O)C(O)C(O)C1OC(=O)CCCCCCCCCCCCCCC)OC(=O)CCCCCCCCCCCCCCC. The summed E-state index contributed by atoms with van der Waals surface area (Å²) in [5.41, 5.74) is 0. The zero-order valence-corrected chi connectivity index (χ0v) is 46.6. The number of aliphatic hydroxyl groups is 2. The highest BCUT2D eigenvalue weighted by Crippen LogP contribution is 2.27. The highest BCUT2D eigenvalue weighted by atomic mass is 16.7. The molecule has 1 heterocycles. The van der Waals surface area contributed by atoms with E-state index in [0.29, 0.717) is 19.3 Å². The van der Waals surface area contributed by atoms with Crippen LogP contribution in [0.3, 0.4) is 0 Å². The Morgan fingerprint density at radius 2 is 0.863 bits per heavy atom. The Balaban J connectivity index is 2.67. The van der Waals surface area contributed by atoms with E-state index < -0.39 is 67.3 Å². The first-order valence-corrected chi connectivity index (χ1v) is 30.0. The van der Waals surface area contributed by atoms with Crippen LogP contribution in [0.4, 0.5) is 0 Å². The molecular formula is C61H108O12. The number of carbonyl (C=O) groups excluding carboxylic acids is 3. The zero-order chi connectivity index (χ0) is 53.3. The lowest BCUT2D eigenvalue weighted by atomic mass is 9.98. The fourth-order valence-corrected chi connectivity index (χ4v) is 9.15. The van der Waals surface area contributed by atoms with Crippen molar-refractivity contribution in [3.63, 3.8) is 0 Å². The largest absolute Gasteiger partial charge is 0.479 e. The number of aliphatic carboxylic acids is 1. The van der Waals surface area contributed by atoms with Gasteiger partial charge in [-0.1, -0.05) is 243 Å². The maximum Gasteiger partial charge on any atom is 0.335 e. The molecule has 3 N–H and O–H groups in total. The first kappa shape index (κ1) is 68.0. The number of carbonyl (C=O) groups is 4. The minimum Gasteiger partial charge on any atom is -0.479 e. The molecule has 0 aliphatic carbocycles. The molecule has 0 spiro atoms. The molecule has 1 aliphatic rings. The van der Waals surface area contributed by atoms with Gasteiger partial charge in [0.05, 0.1) is 6.61 Å². The first-order valence-electron chi connectivity index (χ1n) is 30.0. The van der Waals surface area contributed by atoms with Crippen LogP contribution in [-0.4, -0.2) is 89.2 Å². The van der Waals surface area contributed by atoms with Crippen molar-refractivity contribution >= 4 is 23.9 Å². The van der Waals surface area contributed by atoms with Crippen molar-refractivity contribution in [2.45, 2.75) is 314 Å². The van der Waals surface area contributed by atoms with E-state index in [-0.39, 0.29) is 25.9 Å². The normalized spacial score (nSPS) is 18.5. The number of hydrogen-bond donors (Lipinski definition) is 3. The van der Waals surface area contributed by atoms with Gasteiger partial charge in [0.2, 0.25) is 0 Å². The Labute approximate surface area is 444 Å². The van der Waals surface area contributed by atoms with Crippen LogP contribution in [0.5, 0.6) is 0 Å². The molecule has 0 bridgehead atoms. The van der Waals surface area contributed by atoms with Crippen molar-refractivity contribution < 1.29 is 58.2 Å². The zero-order valence-electron chi connectivity index (χ0n) is 46.6. The monoisotopic (exact) mass is 1030 g/mol. The number of allylic oxidation sites excluding steroid dienone is 6. The van der Waals surface area contributed by atoms with Gasteiger partial charge in [0.25, 0.3) is 0 Å². The molecule has 12 nitrogen and oxygen atoms in total. The molecule has 0 aromatic carbocycles. The summed E-state index contributed by atoms with van der Waals surface area (Å²) >= 11 is 0. The van der Waals surface area contributed by atoms with Crippen molar-refractivity contribution in [1.82, 2.24) is 0 Å². The molecule has 0 radical (unpaired) electrons. The molecule has 73 heavy (non-hydrogen) atoms. The second-order valence-corrected chi connectivity index (χ2v) is 20.6. The van der Waals surface area contributed by atoms with Crippen LogP contribution in [0.1, 0.15) is 278 Å². The number of carboxylic acid groups (broad SMARTS) is 1. The average Bonchev–Trinajstić information content (AvgIpc) is 3.37. The Morgan fingerprint density at radius 1 is 0.466 bits per heavy atom. The van der Waals surface area contributed by atoms with Gasteiger partial charge in [-0.2, -0.15) is 0 Å². The summed E-state index contributed by atoms with van der Waals surface area (Å²) in [5, 5.41) is 31.5. The smallest absolute Gasteiger partial charge is 0.335 e. The van der Waals surface area contributed by atoms with Gasteiger partial charge in [0.1, 0.15) is 18.8 Å². The number of ether oxygens (including phenoxy) is 5. The second kappa shape index (κ2) is 49.8. The Kier molecular flexibility index (Phi) is 46.4. The molecule has 0 aromatic heterocycles. The summed E-state index contributed by atoms with van der Waals surface area (Å²) in [5.74, 6) is -3.10. The molecule has 0 aromatic rings. The maximum atomic E-state index is 13.1. The van der Waals surface area contributed by atoms with Gasteiger partial charge in [-0.15, -0.1) is 0 Å². The summed E-state index contributed by atoms with van der Waals surface area (Å²) in [6, 6.07) is 0. The standard InChI is InChI=1S/C61H108O12/c1-4-7-10-13-16-19-22-25-26-27-28-31-32-35-38-41-44-47-53(62)69-50-52(71-54(63)48-45-42-39-36-33-29-23-20-17-14-11-8-5-2)51-70-61-59(57(66)56(65)58(73-61)60(67)68)72-55(64)49-46-43-40-37-34-30-24-21-18-15-12-9-6-3/h7,10,16,19,25-26,52,56-59,61,65-66H,4-6,8-9,11-15,17-18,20-24,27-51H2,1-3H3,(H,67,68)/b10-7-,19-16-,26-25-. The van der Waals surface area contributed by atoms with E-state index in [0.717, 1.165) is 96.3 Å². The van der Waals surface area contributed by atoms with Crippen molar-refractivity contribution in [3.05, 3.63) is 36.5 Å². The van der Waals surface area contributed by atoms with Crippen molar-refractivity contribution in [2.75, 3.05) is 13.2 Å². The number of esters is 3. The van der Waals surface area contributed by atoms with Gasteiger partial charge >= 0.3 is 23.9 Å². The quantitative estimate of drug-likeness (QED) is 0.0228. The minimum absolute atomic E-state index is 0.0653. The van der Waals surface area contributed by atoms with Crippen LogP contribution in [0.2, 0.25) is 0 Å². The third kappa shape index (κ3) is 39.9. The van der Waals surface area contributed by atoms with E-state index in [9.17, 15) is 34.5 Å². The van der Waals surface area contributed by atoms with Crippen LogP contribution in [0, 0.1) is 0 Å². The maximum absolute atomic E-state index is 13.1. The summed E-state index contributed by atoms with van der Waals surface area (Å²) in [4.78, 5) is 51.1. The molecule has 1 rings (SSSR count). The van der Waals surface area contributed by atoms with Crippen molar-refractivity contribution in [1.29, 1.82) is 0 Å². The fraction of sp³-hybridized carbons (Fsp3) is 0.836. The van der Waals surface area contributed by atoms with Crippen molar-refractivity contribution in [2.24, 2.45) is 0 Å². The molecule has 0 saturated carbocycles. The molecule has 1 saturated heterocycles. The topological polar surface area (TPSA) is 175 Å². The van der Waals surface area contributed by atoms with E-state index in [1.807, 2.05) is 0 Å². The molecule has 424 valence electrons. The predicted molar refractivity (Wildman–Crippen MR) is 294 cm³/mol. The summed E-state index contributed by atoms with van der Waals surface area (Å²) in [6.45, 7) is 5.89. The summed E-state index contributed by atoms with van der Waals surface area (Å²) in [6.07, 6.45) is 45.4. The number of unbranched alkanes of at least 4 members (excludes halogenated alkanes) is 31. The third-order valence-corrected chi connectivity index (χ3v) is 13.7. The van der Waals surface area contributed by atoms with Gasteiger partial charge in [-0.25, -0.2) is 4.79 Å². The highest BCUT2D eigenvalue weighted by molar-refractivity contribution is 5.74. The number of rotatable bonds is 51. The van der Waals surface area contributed by atoms with Crippen LogP contribution in [-0.2, 0) is 42.9 Å². The van der Waals surface area contributed by atoms with E-state index in [1.165, 1.54) is 122 Å². The molecule has 1 fully saturated rings. The summed E-state index contributed by atoms with van der Waals surface area (Å²) < 4.78 is 28.4. The van der Waals surface area contributed by atoms with Gasteiger partial charge in [-0.3, -0.25) is 14.4 Å². The first-order chi connectivity index (χ1) is 35.6. The van der Waals surface area contributed by atoms with E-state index in [2.05, 4.69) is 57.2 Å². The molecule has 1 aliphatic heterocycles. The Hall–Kier alpha value is -3.06. The molecular weight excluding hydrogens is 925 g/mol. The van der Waals surface area contributed by atoms with Crippen LogP contribution < -0.4 is 0 Å². The second-order valence-electron chi connectivity index (χ2n) is 20.6. The molecule has 6 unspecified atom stereocenters. The van der Waals surface area contributed by atoms with E-state index >= 15 is 0 Å². The highest BCUT2D eigenvalue weighted by Gasteiger charge is 2.50. The average molecular weight is 1030 g/mol. The van der Waals surface area contributed by atoms with Gasteiger partial charge < -0.3 is 39.0 Å². The minimum atomic E-state index is -1.90. The molecule has 0 amide bonds. The van der Waals surface area contributed by atoms with Gasteiger partial charge in [0.15, 0.2) is 24.6 Å². The Morgan fingerprint density at radius 3 is 1.32 bits per heavy atom. The van der Waals surface area contributed by atoms with Crippen LogP contribution in [0.25, 0.3) is 0 Å². The third-order valence-electron chi connectivity index (χ3n) is 13.7. The lowest BCUT2D eigenvalue weighted by molar-refractivity contribution is -0.301. The van der Waals surface area contributed by atoms with Gasteiger partial charge in [-0.05, 0) is 51.4 Å². The number of carboxylic acids is 1. The summed E-state index contributed by atoms with van der Waals surface area (Å²) in [7, 11) is 0.